The van der Waals surface area contributed by atoms with Gasteiger partial charge in [0.1, 0.15) is 0 Å². The molecule has 4 heteroatoms. The van der Waals surface area contributed by atoms with Gasteiger partial charge in [-0.1, -0.05) is 178 Å². The summed E-state index contributed by atoms with van der Waals surface area (Å²) in [5.74, 6) is 1.95. The summed E-state index contributed by atoms with van der Waals surface area (Å²) in [6.45, 7) is 4.65. The van der Waals surface area contributed by atoms with E-state index in [1.54, 1.807) is 0 Å². The molecule has 55 heavy (non-hydrogen) atoms. The topological polar surface area (TPSA) is 51.6 Å². The van der Waals surface area contributed by atoms with Crippen molar-refractivity contribution in [3.8, 4) is 78.8 Å². The van der Waals surface area contributed by atoms with E-state index >= 15 is 0 Å². The fourth-order valence-corrected chi connectivity index (χ4v) is 8.01. The van der Waals surface area contributed by atoms with E-state index in [4.69, 9.17) is 19.9 Å². The summed E-state index contributed by atoms with van der Waals surface area (Å²) in [7, 11) is 0. The minimum absolute atomic E-state index is 0.0974. The molecule has 0 bridgehead atoms. The van der Waals surface area contributed by atoms with Gasteiger partial charge < -0.3 is 0 Å². The van der Waals surface area contributed by atoms with Crippen LogP contribution >= 0.6 is 0 Å². The van der Waals surface area contributed by atoms with Gasteiger partial charge in [0.25, 0.3) is 0 Å². The lowest BCUT2D eigenvalue weighted by molar-refractivity contribution is 0.661. The van der Waals surface area contributed by atoms with Gasteiger partial charge in [-0.2, -0.15) is 0 Å². The number of rotatable bonds is 6. The van der Waals surface area contributed by atoms with Crippen molar-refractivity contribution in [2.24, 2.45) is 0 Å². The molecule has 2 aromatic heterocycles. The second kappa shape index (κ2) is 13.1. The molecule has 4 nitrogen and oxygen atoms in total. The summed E-state index contributed by atoms with van der Waals surface area (Å²) in [5.41, 5.74) is 15.7. The van der Waals surface area contributed by atoms with E-state index in [9.17, 15) is 0 Å². The first-order valence-corrected chi connectivity index (χ1v) is 18.7. The molecular formula is C51H36N4. The van der Waals surface area contributed by atoms with Crippen LogP contribution in [0.15, 0.2) is 182 Å². The van der Waals surface area contributed by atoms with Gasteiger partial charge in [0.2, 0.25) is 0 Å². The Balaban J connectivity index is 1.03. The van der Waals surface area contributed by atoms with Crippen LogP contribution in [0.3, 0.4) is 0 Å². The second-order valence-electron chi connectivity index (χ2n) is 14.7. The molecule has 1 aliphatic rings. The molecule has 10 rings (SSSR count). The van der Waals surface area contributed by atoms with Crippen molar-refractivity contribution in [1.82, 2.24) is 19.9 Å². The van der Waals surface area contributed by atoms with Gasteiger partial charge in [0, 0.05) is 33.1 Å². The highest BCUT2D eigenvalue weighted by molar-refractivity contribution is 6.01. The molecule has 1 aliphatic carbocycles. The summed E-state index contributed by atoms with van der Waals surface area (Å²) in [5, 5.41) is 1.16. The Kier molecular flexibility index (Phi) is 7.77. The van der Waals surface area contributed by atoms with Crippen LogP contribution in [-0.4, -0.2) is 19.9 Å². The van der Waals surface area contributed by atoms with Gasteiger partial charge >= 0.3 is 0 Å². The fraction of sp³-hybridized carbons (Fsp3) is 0.0588. The summed E-state index contributed by atoms with van der Waals surface area (Å²) < 4.78 is 0. The zero-order chi connectivity index (χ0) is 36.9. The SMILES string of the molecule is CC1(C)c2ccccc2-c2cc3c(-c4ccc(-c5ccc(-c6nc(-c7ccccc7)nc(-c7ccccc7)n6)cc5)cc4)cc(-c4ccccc4)nc3cc21. The third kappa shape index (κ3) is 5.80. The highest BCUT2D eigenvalue weighted by Gasteiger charge is 2.35. The fourth-order valence-electron chi connectivity index (χ4n) is 8.01. The Hall–Kier alpha value is -7.04. The Bertz CT molecular complexity index is 2790. The van der Waals surface area contributed by atoms with Gasteiger partial charge in [-0.15, -0.1) is 0 Å². The molecule has 0 saturated carbocycles. The van der Waals surface area contributed by atoms with Gasteiger partial charge in [0.15, 0.2) is 17.5 Å². The highest BCUT2D eigenvalue weighted by atomic mass is 15.0. The van der Waals surface area contributed by atoms with Gasteiger partial charge in [-0.05, 0) is 62.7 Å². The van der Waals surface area contributed by atoms with E-state index in [2.05, 4.69) is 135 Å². The summed E-state index contributed by atoms with van der Waals surface area (Å²) in [6.07, 6.45) is 0. The first kappa shape index (κ1) is 32.6. The maximum Gasteiger partial charge on any atom is 0.164 e. The molecule has 0 saturated heterocycles. The van der Waals surface area contributed by atoms with E-state index in [0.717, 1.165) is 55.5 Å². The molecular weight excluding hydrogens is 669 g/mol. The van der Waals surface area contributed by atoms with Crippen LogP contribution in [0.4, 0.5) is 0 Å². The lowest BCUT2D eigenvalue weighted by Gasteiger charge is -2.22. The first-order chi connectivity index (χ1) is 27.0. The zero-order valence-electron chi connectivity index (χ0n) is 30.6. The van der Waals surface area contributed by atoms with Crippen molar-refractivity contribution < 1.29 is 0 Å². The molecule has 260 valence electrons. The number of pyridine rings is 1. The number of aromatic nitrogens is 4. The van der Waals surface area contributed by atoms with Crippen molar-refractivity contribution >= 4 is 10.9 Å². The molecule has 9 aromatic rings. The summed E-state index contributed by atoms with van der Waals surface area (Å²) in [4.78, 5) is 19.9. The predicted molar refractivity (Wildman–Crippen MR) is 225 cm³/mol. The van der Waals surface area contributed by atoms with Crippen LogP contribution in [0.5, 0.6) is 0 Å². The minimum Gasteiger partial charge on any atom is -0.248 e. The van der Waals surface area contributed by atoms with Crippen molar-refractivity contribution in [1.29, 1.82) is 0 Å². The van der Waals surface area contributed by atoms with Crippen LogP contribution in [0.1, 0.15) is 25.0 Å². The van der Waals surface area contributed by atoms with Crippen molar-refractivity contribution in [2.75, 3.05) is 0 Å². The molecule has 0 fully saturated rings. The minimum atomic E-state index is -0.0974. The summed E-state index contributed by atoms with van der Waals surface area (Å²) >= 11 is 0. The maximum absolute atomic E-state index is 5.27. The highest BCUT2D eigenvalue weighted by Crippen LogP contribution is 2.50. The van der Waals surface area contributed by atoms with E-state index in [0.29, 0.717) is 17.5 Å². The Morgan fingerprint density at radius 3 is 1.35 bits per heavy atom. The molecule has 0 radical (unpaired) electrons. The standard InChI is InChI=1S/C51H36N4/c1-51(2)44-21-13-12-20-40(44)42-30-43-41(31-46(36-14-6-3-7-15-36)52-47(43)32-45(42)51)35-26-22-33(23-27-35)34-24-28-39(29-25-34)50-54-48(37-16-8-4-9-17-37)53-49(55-50)38-18-10-5-11-19-38/h3-32H,1-2H3. The lowest BCUT2D eigenvalue weighted by Crippen LogP contribution is -2.14. The largest absolute Gasteiger partial charge is 0.248 e. The van der Waals surface area contributed by atoms with Crippen LogP contribution in [0, 0.1) is 0 Å². The third-order valence-corrected chi connectivity index (χ3v) is 11.0. The Morgan fingerprint density at radius 2 is 0.782 bits per heavy atom. The van der Waals surface area contributed by atoms with E-state index in [-0.39, 0.29) is 5.41 Å². The van der Waals surface area contributed by atoms with Crippen molar-refractivity contribution in [3.05, 3.63) is 193 Å². The number of hydrogen-bond donors (Lipinski definition) is 0. The molecule has 0 atom stereocenters. The molecule has 0 N–H and O–H groups in total. The molecule has 0 aliphatic heterocycles. The van der Waals surface area contributed by atoms with Crippen LogP contribution < -0.4 is 0 Å². The van der Waals surface area contributed by atoms with E-state index in [1.165, 1.54) is 27.8 Å². The summed E-state index contributed by atoms with van der Waals surface area (Å²) in [6, 6.07) is 63.8. The van der Waals surface area contributed by atoms with Gasteiger partial charge in [-0.25, -0.2) is 19.9 Å². The number of hydrogen-bond acceptors (Lipinski definition) is 4. The maximum atomic E-state index is 5.27. The van der Waals surface area contributed by atoms with Crippen LogP contribution in [0.25, 0.3) is 89.7 Å². The lowest BCUT2D eigenvalue weighted by atomic mass is 9.82. The predicted octanol–water partition coefficient (Wildman–Crippen LogP) is 12.7. The van der Waals surface area contributed by atoms with Gasteiger partial charge in [-0.3, -0.25) is 0 Å². The normalized spacial score (nSPS) is 12.7. The van der Waals surface area contributed by atoms with Crippen LogP contribution in [0.2, 0.25) is 0 Å². The average Bonchev–Trinajstić information content (AvgIpc) is 3.48. The second-order valence-corrected chi connectivity index (χ2v) is 14.7. The number of fused-ring (bicyclic) bond motifs is 4. The van der Waals surface area contributed by atoms with Crippen LogP contribution in [-0.2, 0) is 5.41 Å². The first-order valence-electron chi connectivity index (χ1n) is 18.7. The molecule has 2 heterocycles. The smallest absolute Gasteiger partial charge is 0.164 e. The Morgan fingerprint density at radius 1 is 0.327 bits per heavy atom. The van der Waals surface area contributed by atoms with Gasteiger partial charge in [0.05, 0.1) is 11.2 Å². The van der Waals surface area contributed by atoms with Crippen molar-refractivity contribution in [3.63, 3.8) is 0 Å². The zero-order valence-corrected chi connectivity index (χ0v) is 30.6. The quantitative estimate of drug-likeness (QED) is 0.173. The molecule has 0 spiro atoms. The van der Waals surface area contributed by atoms with E-state index in [1.807, 2.05) is 60.7 Å². The van der Waals surface area contributed by atoms with Crippen molar-refractivity contribution in [2.45, 2.75) is 19.3 Å². The number of benzene rings is 7. The third-order valence-electron chi connectivity index (χ3n) is 11.0. The molecule has 7 aromatic carbocycles. The monoisotopic (exact) mass is 704 g/mol. The number of nitrogens with zero attached hydrogens (tertiary/aromatic N) is 4. The molecule has 0 amide bonds. The Labute approximate surface area is 320 Å². The average molecular weight is 705 g/mol. The van der Waals surface area contributed by atoms with E-state index < -0.39 is 0 Å². The molecule has 0 unspecified atom stereocenters.